The standard InChI is InChI=1S/C14H8N6OS2/c1-2-5-20-14(21)19-8-15-11(12(19)17-18-20)13-16-9(7-23-13)10-4-3-6-22-10/h1,3-4,6-8H,5H2. The number of nitrogens with zero attached hydrogens (tertiary/aromatic N) is 6. The molecule has 0 saturated heterocycles. The first kappa shape index (κ1) is 13.8. The van der Waals surface area contributed by atoms with Gasteiger partial charge in [0.15, 0.2) is 5.65 Å². The molecule has 0 bridgehead atoms. The van der Waals surface area contributed by atoms with Gasteiger partial charge in [-0.3, -0.25) is 0 Å². The van der Waals surface area contributed by atoms with Crippen LogP contribution >= 0.6 is 22.7 Å². The monoisotopic (exact) mass is 340 g/mol. The maximum absolute atomic E-state index is 12.2. The Hall–Kier alpha value is -2.83. The van der Waals surface area contributed by atoms with Crippen LogP contribution in [0.5, 0.6) is 0 Å². The van der Waals surface area contributed by atoms with Crippen LogP contribution in [0.2, 0.25) is 0 Å². The third-order valence-electron chi connectivity index (χ3n) is 3.14. The minimum absolute atomic E-state index is 0.0645. The quantitative estimate of drug-likeness (QED) is 0.531. The van der Waals surface area contributed by atoms with Gasteiger partial charge < -0.3 is 0 Å². The number of imidazole rings is 1. The Morgan fingerprint density at radius 2 is 2.26 bits per heavy atom. The van der Waals surface area contributed by atoms with E-state index in [-0.39, 0.29) is 12.2 Å². The summed E-state index contributed by atoms with van der Waals surface area (Å²) in [4.78, 5) is 22.2. The predicted octanol–water partition coefficient (Wildman–Crippen LogP) is 1.77. The van der Waals surface area contributed by atoms with Crippen LogP contribution in [-0.4, -0.2) is 29.4 Å². The third kappa shape index (κ3) is 2.25. The first-order chi connectivity index (χ1) is 11.3. The van der Waals surface area contributed by atoms with E-state index < -0.39 is 0 Å². The largest absolute Gasteiger partial charge is 0.353 e. The Morgan fingerprint density at radius 1 is 1.35 bits per heavy atom. The van der Waals surface area contributed by atoms with Crippen molar-refractivity contribution in [2.75, 3.05) is 0 Å². The Morgan fingerprint density at radius 3 is 3.04 bits per heavy atom. The lowest BCUT2D eigenvalue weighted by atomic mass is 10.4. The summed E-state index contributed by atoms with van der Waals surface area (Å²) in [6, 6.07) is 3.98. The lowest BCUT2D eigenvalue weighted by molar-refractivity contribution is 0.577. The molecule has 4 aromatic rings. The number of aromatic nitrogens is 6. The Balaban J connectivity index is 1.83. The average Bonchev–Trinajstić information content (AvgIpc) is 3.29. The smallest absolute Gasteiger partial charge is 0.245 e. The molecule has 0 aliphatic carbocycles. The van der Waals surface area contributed by atoms with E-state index >= 15 is 0 Å². The highest BCUT2D eigenvalue weighted by Gasteiger charge is 2.16. The number of thiazole rings is 1. The molecule has 4 aromatic heterocycles. The van der Waals surface area contributed by atoms with Crippen molar-refractivity contribution < 1.29 is 0 Å². The molecule has 0 atom stereocenters. The molecule has 23 heavy (non-hydrogen) atoms. The van der Waals surface area contributed by atoms with Gasteiger partial charge in [-0.25, -0.2) is 19.2 Å². The van der Waals surface area contributed by atoms with Crippen molar-refractivity contribution in [1.29, 1.82) is 0 Å². The predicted molar refractivity (Wildman–Crippen MR) is 88.3 cm³/mol. The molecule has 112 valence electrons. The Kier molecular flexibility index (Phi) is 3.25. The maximum Gasteiger partial charge on any atom is 0.353 e. The maximum atomic E-state index is 12.2. The summed E-state index contributed by atoms with van der Waals surface area (Å²) in [5, 5.41) is 12.5. The molecule has 9 heteroatoms. The zero-order chi connectivity index (χ0) is 15.8. The van der Waals surface area contributed by atoms with Crippen molar-refractivity contribution in [3.05, 3.63) is 39.7 Å². The van der Waals surface area contributed by atoms with Crippen molar-refractivity contribution >= 4 is 28.3 Å². The lowest BCUT2D eigenvalue weighted by Crippen LogP contribution is -2.29. The summed E-state index contributed by atoms with van der Waals surface area (Å²) < 4.78 is 2.43. The van der Waals surface area contributed by atoms with Crippen molar-refractivity contribution in [3.63, 3.8) is 0 Å². The molecular weight excluding hydrogens is 332 g/mol. The average molecular weight is 340 g/mol. The van der Waals surface area contributed by atoms with Gasteiger partial charge in [-0.05, 0) is 11.4 Å². The van der Waals surface area contributed by atoms with Crippen molar-refractivity contribution in [1.82, 2.24) is 29.4 Å². The minimum atomic E-state index is -0.373. The molecule has 0 aliphatic heterocycles. The van der Waals surface area contributed by atoms with Crippen LogP contribution in [0.1, 0.15) is 0 Å². The highest BCUT2D eigenvalue weighted by Crippen LogP contribution is 2.31. The molecule has 0 N–H and O–H groups in total. The van der Waals surface area contributed by atoms with Crippen LogP contribution in [0.4, 0.5) is 0 Å². The second-order valence-corrected chi connectivity index (χ2v) is 6.34. The first-order valence-corrected chi connectivity index (χ1v) is 8.28. The molecule has 7 nitrogen and oxygen atoms in total. The Labute approximate surface area is 137 Å². The molecular formula is C14H8N6OS2. The van der Waals surface area contributed by atoms with E-state index in [0.29, 0.717) is 16.3 Å². The highest BCUT2D eigenvalue weighted by molar-refractivity contribution is 7.15. The normalized spacial score (nSPS) is 10.9. The number of hydrogen-bond donors (Lipinski definition) is 0. The highest BCUT2D eigenvalue weighted by atomic mass is 32.1. The summed E-state index contributed by atoms with van der Waals surface area (Å²) in [7, 11) is 0. The molecule has 0 aliphatic rings. The van der Waals surface area contributed by atoms with Crippen LogP contribution in [0.25, 0.3) is 26.9 Å². The molecule has 0 saturated carbocycles. The van der Waals surface area contributed by atoms with Crippen LogP contribution in [0, 0.1) is 12.3 Å². The molecule has 0 unspecified atom stereocenters. The molecule has 0 fully saturated rings. The SMILES string of the molecule is C#CCn1nnc2c(-c3nc(-c4cccs4)cs3)ncn2c1=O. The Bertz CT molecular complexity index is 1080. The van der Waals surface area contributed by atoms with Crippen LogP contribution in [0.15, 0.2) is 34.0 Å². The number of thiophene rings is 1. The van der Waals surface area contributed by atoms with Gasteiger partial charge in [0.2, 0.25) is 0 Å². The molecule has 0 spiro atoms. The minimum Gasteiger partial charge on any atom is -0.245 e. The zero-order valence-corrected chi connectivity index (χ0v) is 13.2. The van der Waals surface area contributed by atoms with Crippen LogP contribution < -0.4 is 5.69 Å². The van der Waals surface area contributed by atoms with Crippen molar-refractivity contribution in [2.24, 2.45) is 0 Å². The number of rotatable bonds is 3. The van der Waals surface area contributed by atoms with Gasteiger partial charge in [-0.1, -0.05) is 17.2 Å². The van der Waals surface area contributed by atoms with Crippen molar-refractivity contribution in [3.8, 4) is 33.6 Å². The fraction of sp³-hybridized carbons (Fsp3) is 0.0714. The van der Waals surface area contributed by atoms with E-state index in [1.807, 2.05) is 22.9 Å². The van der Waals surface area contributed by atoms with Gasteiger partial charge in [-0.2, -0.15) is 4.68 Å². The van der Waals surface area contributed by atoms with Gasteiger partial charge in [0.1, 0.15) is 23.6 Å². The van der Waals surface area contributed by atoms with E-state index in [0.717, 1.165) is 15.3 Å². The van der Waals surface area contributed by atoms with E-state index in [9.17, 15) is 4.79 Å². The molecule has 0 aromatic carbocycles. The molecule has 4 rings (SSSR count). The fourth-order valence-corrected chi connectivity index (χ4v) is 3.66. The second kappa shape index (κ2) is 5.42. The fourth-order valence-electron chi connectivity index (χ4n) is 2.09. The zero-order valence-electron chi connectivity index (χ0n) is 11.6. The summed E-state index contributed by atoms with van der Waals surface area (Å²) in [5.41, 5.74) is 1.42. The number of hydrogen-bond acceptors (Lipinski definition) is 7. The lowest BCUT2D eigenvalue weighted by Gasteiger charge is -1.98. The van der Waals surface area contributed by atoms with E-state index in [2.05, 4.69) is 26.2 Å². The van der Waals surface area contributed by atoms with Gasteiger partial charge in [-0.15, -0.1) is 34.2 Å². The second-order valence-electron chi connectivity index (χ2n) is 4.54. The van der Waals surface area contributed by atoms with Gasteiger partial charge >= 0.3 is 5.69 Å². The molecule has 0 radical (unpaired) electrons. The first-order valence-electron chi connectivity index (χ1n) is 6.52. The summed E-state index contributed by atoms with van der Waals surface area (Å²) >= 11 is 3.07. The van der Waals surface area contributed by atoms with Crippen LogP contribution in [0.3, 0.4) is 0 Å². The summed E-state index contributed by atoms with van der Waals surface area (Å²) in [5.74, 6) is 2.36. The summed E-state index contributed by atoms with van der Waals surface area (Å²) in [6.45, 7) is 0.0645. The van der Waals surface area contributed by atoms with E-state index in [4.69, 9.17) is 6.42 Å². The van der Waals surface area contributed by atoms with E-state index in [1.54, 1.807) is 11.3 Å². The number of fused-ring (bicyclic) bond motifs is 1. The van der Waals surface area contributed by atoms with E-state index in [1.165, 1.54) is 22.1 Å². The van der Waals surface area contributed by atoms with Gasteiger partial charge in [0.25, 0.3) is 0 Å². The topological polar surface area (TPSA) is 78.0 Å². The number of terminal acetylenes is 1. The van der Waals surface area contributed by atoms with Gasteiger partial charge in [0.05, 0.1) is 10.6 Å². The van der Waals surface area contributed by atoms with Crippen LogP contribution in [-0.2, 0) is 6.54 Å². The summed E-state index contributed by atoms with van der Waals surface area (Å²) in [6.07, 6.45) is 6.63. The molecule has 4 heterocycles. The third-order valence-corrected chi connectivity index (χ3v) is 4.88. The molecule has 0 amide bonds. The van der Waals surface area contributed by atoms with Crippen molar-refractivity contribution in [2.45, 2.75) is 6.54 Å². The van der Waals surface area contributed by atoms with Gasteiger partial charge in [0, 0.05) is 5.38 Å².